The zero-order valence-corrected chi connectivity index (χ0v) is 12.4. The predicted molar refractivity (Wildman–Crippen MR) is 76.2 cm³/mol. The monoisotopic (exact) mass is 288 g/mol. The molecule has 0 radical (unpaired) electrons. The van der Waals surface area contributed by atoms with Crippen LogP contribution in [0.1, 0.15) is 32.1 Å². The van der Waals surface area contributed by atoms with Crippen LogP contribution in [-0.4, -0.2) is 51.6 Å². The van der Waals surface area contributed by atoms with E-state index in [-0.39, 0.29) is 11.8 Å². The summed E-state index contributed by atoms with van der Waals surface area (Å²) < 4.78 is 15.8. The Morgan fingerprint density at radius 3 is 2.55 bits per heavy atom. The van der Waals surface area contributed by atoms with Crippen molar-refractivity contribution in [1.29, 1.82) is 0 Å². The number of methoxy groups -OCH3 is 1. The molecule has 2 atom stereocenters. The maximum Gasteiger partial charge on any atom is 0.237 e. The van der Waals surface area contributed by atoms with E-state index in [1.807, 2.05) is 0 Å². The van der Waals surface area contributed by atoms with E-state index in [1.165, 1.54) is 0 Å². The van der Waals surface area contributed by atoms with Crippen molar-refractivity contribution in [2.24, 2.45) is 17.4 Å². The second-order valence-corrected chi connectivity index (χ2v) is 5.35. The number of hydrogen-bond acceptors (Lipinski definition) is 5. The Morgan fingerprint density at radius 1 is 1.20 bits per heavy atom. The van der Waals surface area contributed by atoms with Crippen LogP contribution in [0.4, 0.5) is 0 Å². The fraction of sp³-hybridized carbons (Fsp3) is 0.929. The highest BCUT2D eigenvalue weighted by atomic mass is 16.5. The molecule has 0 aromatic rings. The predicted octanol–water partition coefficient (Wildman–Crippen LogP) is 0.429. The average molecular weight is 288 g/mol. The second-order valence-electron chi connectivity index (χ2n) is 5.35. The number of carbonyl (C=O) groups excluding carboxylic acids is 1. The number of amides is 1. The van der Waals surface area contributed by atoms with Crippen molar-refractivity contribution < 1.29 is 19.0 Å². The van der Waals surface area contributed by atoms with E-state index in [9.17, 15) is 4.79 Å². The summed E-state index contributed by atoms with van der Waals surface area (Å²) in [6.07, 6.45) is 4.28. The first kappa shape index (κ1) is 17.4. The van der Waals surface area contributed by atoms with Crippen LogP contribution in [0.3, 0.4) is 0 Å². The SMILES string of the molecule is COCCOCCCOCCC1CCCC1(N)C(N)=O. The fourth-order valence-electron chi connectivity index (χ4n) is 2.66. The molecule has 0 heterocycles. The molecular weight excluding hydrogens is 260 g/mol. The Hall–Kier alpha value is -0.690. The Morgan fingerprint density at radius 2 is 1.90 bits per heavy atom. The van der Waals surface area contributed by atoms with Crippen LogP contribution in [0.5, 0.6) is 0 Å². The van der Waals surface area contributed by atoms with E-state index in [1.54, 1.807) is 7.11 Å². The molecule has 4 N–H and O–H groups in total. The minimum absolute atomic E-state index is 0.151. The largest absolute Gasteiger partial charge is 0.382 e. The van der Waals surface area contributed by atoms with Crippen LogP contribution in [0, 0.1) is 5.92 Å². The summed E-state index contributed by atoms with van der Waals surface area (Å²) >= 11 is 0. The second kappa shape index (κ2) is 9.28. The molecular formula is C14H28N2O4. The van der Waals surface area contributed by atoms with Gasteiger partial charge in [0.05, 0.1) is 18.8 Å². The number of ether oxygens (including phenoxy) is 3. The van der Waals surface area contributed by atoms with Crippen LogP contribution >= 0.6 is 0 Å². The topological polar surface area (TPSA) is 96.8 Å². The molecule has 2 unspecified atom stereocenters. The van der Waals surface area contributed by atoms with Gasteiger partial charge in [-0.2, -0.15) is 0 Å². The maximum atomic E-state index is 11.4. The first-order valence-electron chi connectivity index (χ1n) is 7.34. The Bertz CT molecular complexity index is 288. The molecule has 1 aliphatic carbocycles. The van der Waals surface area contributed by atoms with Crippen LogP contribution in [0.15, 0.2) is 0 Å². The molecule has 6 heteroatoms. The third-order valence-corrected chi connectivity index (χ3v) is 3.95. The van der Waals surface area contributed by atoms with Gasteiger partial charge in [0, 0.05) is 26.9 Å². The van der Waals surface area contributed by atoms with E-state index < -0.39 is 5.54 Å². The van der Waals surface area contributed by atoms with E-state index in [2.05, 4.69) is 0 Å². The fourth-order valence-corrected chi connectivity index (χ4v) is 2.66. The van der Waals surface area contributed by atoms with Crippen molar-refractivity contribution in [3.05, 3.63) is 0 Å². The lowest BCUT2D eigenvalue weighted by Gasteiger charge is -2.27. The lowest BCUT2D eigenvalue weighted by Crippen LogP contribution is -2.54. The van der Waals surface area contributed by atoms with Gasteiger partial charge in [0.1, 0.15) is 0 Å². The van der Waals surface area contributed by atoms with Crippen LogP contribution < -0.4 is 11.5 Å². The molecule has 118 valence electrons. The summed E-state index contributed by atoms with van der Waals surface area (Å²) in [4.78, 5) is 11.4. The first-order valence-corrected chi connectivity index (χ1v) is 7.34. The highest BCUT2D eigenvalue weighted by Crippen LogP contribution is 2.35. The number of carbonyl (C=O) groups is 1. The van der Waals surface area contributed by atoms with Gasteiger partial charge in [-0.25, -0.2) is 0 Å². The van der Waals surface area contributed by atoms with Crippen molar-refractivity contribution in [3.63, 3.8) is 0 Å². The molecule has 0 spiro atoms. The quantitative estimate of drug-likeness (QED) is 0.537. The molecule has 0 bridgehead atoms. The molecule has 20 heavy (non-hydrogen) atoms. The van der Waals surface area contributed by atoms with Gasteiger partial charge < -0.3 is 25.7 Å². The number of primary amides is 1. The van der Waals surface area contributed by atoms with Gasteiger partial charge in [0.2, 0.25) is 5.91 Å². The molecule has 1 saturated carbocycles. The highest BCUT2D eigenvalue weighted by molar-refractivity contribution is 5.85. The summed E-state index contributed by atoms with van der Waals surface area (Å²) in [7, 11) is 1.65. The van der Waals surface area contributed by atoms with E-state index in [0.717, 1.165) is 25.7 Å². The molecule has 1 rings (SSSR count). The van der Waals surface area contributed by atoms with Crippen LogP contribution in [-0.2, 0) is 19.0 Å². The standard InChI is InChI=1S/C14H28N2O4/c1-18-10-11-20-8-3-7-19-9-5-12-4-2-6-14(12,16)13(15)17/h12H,2-11,16H2,1H3,(H2,15,17). The lowest BCUT2D eigenvalue weighted by atomic mass is 9.85. The number of hydrogen-bond donors (Lipinski definition) is 2. The minimum Gasteiger partial charge on any atom is -0.382 e. The highest BCUT2D eigenvalue weighted by Gasteiger charge is 2.43. The third kappa shape index (κ3) is 5.36. The van der Waals surface area contributed by atoms with Gasteiger partial charge in [-0.1, -0.05) is 6.42 Å². The molecule has 0 aromatic heterocycles. The summed E-state index contributed by atoms with van der Waals surface area (Å²) in [6.45, 7) is 3.19. The van der Waals surface area contributed by atoms with Crippen molar-refractivity contribution in [2.45, 2.75) is 37.6 Å². The molecule has 0 saturated heterocycles. The minimum atomic E-state index is -0.827. The summed E-state index contributed by atoms with van der Waals surface area (Å²) in [5, 5.41) is 0. The average Bonchev–Trinajstić information content (AvgIpc) is 2.80. The van der Waals surface area contributed by atoms with Gasteiger partial charge in [0.15, 0.2) is 0 Å². The zero-order chi connectivity index (χ0) is 14.8. The van der Waals surface area contributed by atoms with Gasteiger partial charge in [-0.05, 0) is 31.6 Å². The zero-order valence-electron chi connectivity index (χ0n) is 12.4. The van der Waals surface area contributed by atoms with Crippen molar-refractivity contribution in [3.8, 4) is 0 Å². The van der Waals surface area contributed by atoms with E-state index in [4.69, 9.17) is 25.7 Å². The summed E-state index contributed by atoms with van der Waals surface area (Å²) in [6, 6.07) is 0. The Balaban J connectivity index is 2.02. The van der Waals surface area contributed by atoms with Crippen molar-refractivity contribution in [1.82, 2.24) is 0 Å². The molecule has 1 amide bonds. The molecule has 1 aliphatic rings. The van der Waals surface area contributed by atoms with Gasteiger partial charge in [-0.3, -0.25) is 4.79 Å². The van der Waals surface area contributed by atoms with Crippen molar-refractivity contribution in [2.75, 3.05) is 40.1 Å². The number of nitrogens with two attached hydrogens (primary N) is 2. The van der Waals surface area contributed by atoms with Gasteiger partial charge >= 0.3 is 0 Å². The molecule has 6 nitrogen and oxygen atoms in total. The van der Waals surface area contributed by atoms with Gasteiger partial charge in [-0.15, -0.1) is 0 Å². The molecule has 1 fully saturated rings. The normalized spacial score (nSPS) is 26.0. The smallest absolute Gasteiger partial charge is 0.237 e. The van der Waals surface area contributed by atoms with Gasteiger partial charge in [0.25, 0.3) is 0 Å². The number of rotatable bonds is 11. The Kier molecular flexibility index (Phi) is 8.06. The first-order chi connectivity index (χ1) is 9.61. The maximum absolute atomic E-state index is 11.4. The molecule has 0 aromatic carbocycles. The van der Waals surface area contributed by atoms with E-state index in [0.29, 0.717) is 39.5 Å². The van der Waals surface area contributed by atoms with Crippen molar-refractivity contribution >= 4 is 5.91 Å². The van der Waals surface area contributed by atoms with Crippen LogP contribution in [0.2, 0.25) is 0 Å². The third-order valence-electron chi connectivity index (χ3n) is 3.95. The summed E-state index contributed by atoms with van der Waals surface area (Å²) in [5.74, 6) is -0.232. The Labute approximate surface area is 121 Å². The molecule has 0 aliphatic heterocycles. The summed E-state index contributed by atoms with van der Waals surface area (Å²) in [5.41, 5.74) is 10.7. The lowest BCUT2D eigenvalue weighted by molar-refractivity contribution is -0.124. The van der Waals surface area contributed by atoms with E-state index >= 15 is 0 Å². The van der Waals surface area contributed by atoms with Crippen LogP contribution in [0.25, 0.3) is 0 Å².